The van der Waals surface area contributed by atoms with E-state index in [1.54, 1.807) is 79.1 Å². The van der Waals surface area contributed by atoms with Crippen LogP contribution in [0.1, 0.15) is 120 Å². The van der Waals surface area contributed by atoms with Crippen molar-refractivity contribution in [1.29, 1.82) is 0 Å². The molecule has 0 aliphatic carbocycles. The number of rotatable bonds is 9. The van der Waals surface area contributed by atoms with Gasteiger partial charge in [-0.25, -0.2) is 9.88 Å². The first-order valence-electron chi connectivity index (χ1n) is 22.0. The van der Waals surface area contributed by atoms with E-state index in [0.717, 1.165) is 27.0 Å². The highest BCUT2D eigenvalue weighted by atomic mass is 16.7. The van der Waals surface area contributed by atoms with Gasteiger partial charge in [0.2, 0.25) is 0 Å². The van der Waals surface area contributed by atoms with Crippen LogP contribution in [0.2, 0.25) is 0 Å². The largest absolute Gasteiger partial charge is 0.494 e. The first kappa shape index (κ1) is 47.7. The molecule has 336 valence electrons. The van der Waals surface area contributed by atoms with Crippen molar-refractivity contribution < 1.29 is 42.3 Å². The Kier molecular flexibility index (Phi) is 13.1. The van der Waals surface area contributed by atoms with Gasteiger partial charge in [-0.05, 0) is 148 Å². The van der Waals surface area contributed by atoms with Crippen LogP contribution in [-0.2, 0) is 34.3 Å². The second kappa shape index (κ2) is 17.8. The summed E-state index contributed by atoms with van der Waals surface area (Å²) in [4.78, 5) is 49.5. The van der Waals surface area contributed by atoms with E-state index in [9.17, 15) is 14.4 Å². The lowest BCUT2D eigenvalue weighted by Gasteiger charge is -2.32. The lowest BCUT2D eigenvalue weighted by Crippen LogP contribution is -2.41. The Hall–Kier alpha value is -5.28. The predicted octanol–water partition coefficient (Wildman–Crippen LogP) is 6.97. The van der Waals surface area contributed by atoms with Crippen molar-refractivity contribution in [2.45, 2.75) is 123 Å². The number of nitrogens with zero attached hydrogens (tertiary/aromatic N) is 3. The molecule has 0 saturated carbocycles. The summed E-state index contributed by atoms with van der Waals surface area (Å²) in [5.74, 6) is -0.713. The van der Waals surface area contributed by atoms with Crippen LogP contribution < -0.4 is 21.3 Å². The number of carbonyl (C=O) groups excluding carboxylic acids is 3. The molecule has 0 unspecified atom stereocenters. The number of ketones is 1. The lowest BCUT2D eigenvalue weighted by atomic mass is 9.78. The van der Waals surface area contributed by atoms with Crippen molar-refractivity contribution in [2.24, 2.45) is 0 Å². The molecule has 2 aromatic heterocycles. The summed E-state index contributed by atoms with van der Waals surface area (Å²) in [6.45, 7) is 24.0. The molecule has 0 N–H and O–H groups in total. The SMILES string of the molecule is CC1(C)OB(c2ccc(C(=O)Cc3ccccn3)cc2)OC1(C)C.CC1(C)OB(c2ccc(C(=O)N(C(=O)c3ccc(B4OC(C)(C)C(C)(C)O4)cc3)c3ccccn3)cc2)OC1(C)C. The number of pyridine rings is 2. The summed E-state index contributed by atoms with van der Waals surface area (Å²) in [7, 11) is -1.52. The normalized spacial score (nSPS) is 19.6. The topological polar surface area (TPSA) is 136 Å². The van der Waals surface area contributed by atoms with Crippen molar-refractivity contribution >= 4 is 61.2 Å². The smallest absolute Gasteiger partial charge is 0.399 e. The molecule has 3 saturated heterocycles. The van der Waals surface area contributed by atoms with Crippen LogP contribution in [0.25, 0.3) is 0 Å². The molecule has 3 aliphatic heterocycles. The minimum absolute atomic E-state index is 0.0502. The standard InChI is InChI=1S/C31H36B2N2O6.C19H22BNO3/c1-28(2)29(3,4)39-32(38-28)23-16-12-21(13-17-23)26(36)35(25-11-9-10-20-34-25)27(37)22-14-18-24(19-15-22)33-40-30(5,6)31(7,8)41-33;1-18(2)19(3,4)24-20(23-18)15-10-8-14(9-11-15)17(22)13-16-7-5-6-12-21-16/h9-20H,1-8H3;5-12H,13H2,1-4H3. The number of aromatic nitrogens is 2. The molecule has 0 spiro atoms. The number of carbonyl (C=O) groups is 3. The van der Waals surface area contributed by atoms with E-state index in [1.165, 1.54) is 0 Å². The molecule has 3 aliphatic rings. The van der Waals surface area contributed by atoms with E-state index >= 15 is 0 Å². The molecule has 8 rings (SSSR count). The number of hydrogen-bond donors (Lipinski definition) is 0. The predicted molar refractivity (Wildman–Crippen MR) is 254 cm³/mol. The number of anilines is 1. The highest BCUT2D eigenvalue weighted by molar-refractivity contribution is 6.63. The Balaban J connectivity index is 0.000000223. The molecule has 15 heteroatoms. The third-order valence-corrected chi connectivity index (χ3v) is 13.5. The highest BCUT2D eigenvalue weighted by Crippen LogP contribution is 2.38. The summed E-state index contributed by atoms with van der Waals surface area (Å²) in [5, 5.41) is 0. The highest BCUT2D eigenvalue weighted by Gasteiger charge is 2.53. The van der Waals surface area contributed by atoms with E-state index in [-0.39, 0.29) is 22.8 Å². The molecule has 0 atom stereocenters. The molecule has 5 heterocycles. The Labute approximate surface area is 384 Å². The Bertz CT molecular complexity index is 2360. The van der Waals surface area contributed by atoms with Gasteiger partial charge in [-0.3, -0.25) is 19.4 Å². The Morgan fingerprint density at radius 3 is 1.06 bits per heavy atom. The Morgan fingerprint density at radius 1 is 0.431 bits per heavy atom. The van der Waals surface area contributed by atoms with Crippen molar-refractivity contribution in [3.8, 4) is 0 Å². The molecular formula is C50H58B3N3O9. The quantitative estimate of drug-likeness (QED) is 0.0863. The van der Waals surface area contributed by atoms with E-state index < -0.39 is 55.6 Å². The van der Waals surface area contributed by atoms with Gasteiger partial charge < -0.3 is 27.9 Å². The molecule has 12 nitrogen and oxygen atoms in total. The number of amides is 2. The minimum Gasteiger partial charge on any atom is -0.399 e. The summed E-state index contributed by atoms with van der Waals surface area (Å²) in [5.41, 5.74) is 1.94. The zero-order valence-corrected chi connectivity index (χ0v) is 39.5. The maximum absolute atomic E-state index is 13.8. The fourth-order valence-electron chi connectivity index (χ4n) is 7.14. The van der Waals surface area contributed by atoms with E-state index in [1.807, 2.05) is 126 Å². The minimum atomic E-state index is -0.555. The third kappa shape index (κ3) is 9.96. The zero-order valence-electron chi connectivity index (χ0n) is 39.5. The fourth-order valence-corrected chi connectivity index (χ4v) is 7.14. The fraction of sp³-hybridized carbons (Fsp3) is 0.380. The molecule has 65 heavy (non-hydrogen) atoms. The molecule has 3 aromatic carbocycles. The maximum atomic E-state index is 13.8. The van der Waals surface area contributed by atoms with Crippen LogP contribution in [0.4, 0.5) is 5.82 Å². The number of Topliss-reactive ketones (excluding diaryl/α,β-unsaturated/α-hetero) is 1. The van der Waals surface area contributed by atoms with E-state index in [0.29, 0.717) is 23.1 Å². The van der Waals surface area contributed by atoms with Gasteiger partial charge in [0.05, 0.1) is 40.0 Å². The average Bonchev–Trinajstić information content (AvgIpc) is 3.74. The van der Waals surface area contributed by atoms with Crippen LogP contribution in [0, 0.1) is 0 Å². The van der Waals surface area contributed by atoms with Crippen molar-refractivity contribution in [2.75, 3.05) is 4.90 Å². The lowest BCUT2D eigenvalue weighted by molar-refractivity contribution is 0.00578. The maximum Gasteiger partial charge on any atom is 0.494 e. The first-order valence-corrected chi connectivity index (χ1v) is 22.0. The van der Waals surface area contributed by atoms with Crippen LogP contribution >= 0.6 is 0 Å². The molecule has 2 amide bonds. The van der Waals surface area contributed by atoms with Gasteiger partial charge in [0.1, 0.15) is 5.82 Å². The second-order valence-corrected chi connectivity index (χ2v) is 19.7. The van der Waals surface area contributed by atoms with Gasteiger partial charge in [0, 0.05) is 34.8 Å². The zero-order chi connectivity index (χ0) is 47.2. The van der Waals surface area contributed by atoms with Crippen LogP contribution in [0.15, 0.2) is 122 Å². The number of imide groups is 1. The van der Waals surface area contributed by atoms with Crippen molar-refractivity contribution in [3.63, 3.8) is 0 Å². The van der Waals surface area contributed by atoms with E-state index in [4.69, 9.17) is 27.9 Å². The second-order valence-electron chi connectivity index (χ2n) is 19.7. The van der Waals surface area contributed by atoms with Crippen LogP contribution in [0.5, 0.6) is 0 Å². The van der Waals surface area contributed by atoms with E-state index in [2.05, 4.69) is 9.97 Å². The van der Waals surface area contributed by atoms with Gasteiger partial charge in [-0.15, -0.1) is 0 Å². The first-order chi connectivity index (χ1) is 30.4. The number of benzene rings is 3. The van der Waals surface area contributed by atoms with Gasteiger partial charge in [0.25, 0.3) is 11.8 Å². The third-order valence-electron chi connectivity index (χ3n) is 13.5. The number of hydrogen-bond acceptors (Lipinski definition) is 11. The summed E-state index contributed by atoms with van der Waals surface area (Å²) in [6.07, 6.45) is 3.55. The van der Waals surface area contributed by atoms with Gasteiger partial charge in [-0.1, -0.05) is 60.7 Å². The van der Waals surface area contributed by atoms with Gasteiger partial charge >= 0.3 is 21.4 Å². The average molecular weight is 877 g/mol. The van der Waals surface area contributed by atoms with Crippen LogP contribution in [-0.4, -0.2) is 82.5 Å². The summed E-state index contributed by atoms with van der Waals surface area (Å²) < 4.78 is 36.6. The molecule has 3 fully saturated rings. The Morgan fingerprint density at radius 2 is 0.754 bits per heavy atom. The monoisotopic (exact) mass is 877 g/mol. The van der Waals surface area contributed by atoms with Crippen molar-refractivity contribution in [3.05, 3.63) is 144 Å². The summed E-state index contributed by atoms with van der Waals surface area (Å²) >= 11 is 0. The molecule has 5 aromatic rings. The van der Waals surface area contributed by atoms with Gasteiger partial charge in [-0.2, -0.15) is 0 Å². The van der Waals surface area contributed by atoms with Crippen molar-refractivity contribution in [1.82, 2.24) is 9.97 Å². The van der Waals surface area contributed by atoms with Gasteiger partial charge in [0.15, 0.2) is 5.78 Å². The molecule has 0 bridgehead atoms. The van der Waals surface area contributed by atoms with Crippen LogP contribution in [0.3, 0.4) is 0 Å². The summed E-state index contributed by atoms with van der Waals surface area (Å²) in [6, 6.07) is 32.0. The molecule has 0 radical (unpaired) electrons. The molecular weight excluding hydrogens is 819 g/mol.